The van der Waals surface area contributed by atoms with Gasteiger partial charge in [0.1, 0.15) is 5.76 Å². The van der Waals surface area contributed by atoms with Gasteiger partial charge in [0.25, 0.3) is 11.5 Å². The van der Waals surface area contributed by atoms with Crippen molar-refractivity contribution in [1.29, 1.82) is 0 Å². The van der Waals surface area contributed by atoms with E-state index >= 15 is 0 Å². The summed E-state index contributed by atoms with van der Waals surface area (Å²) in [5.74, 6) is -2.91. The number of aliphatic hydroxyl groups is 1. The molecule has 1 atom stereocenters. The number of anilines is 1. The number of ketones is 1. The minimum atomic E-state index is -4.87. The van der Waals surface area contributed by atoms with Gasteiger partial charge in [0.05, 0.1) is 16.7 Å². The summed E-state index contributed by atoms with van der Waals surface area (Å²) < 4.78 is 39.3. The number of hydrogen-bond acceptors (Lipinski definition) is 7. The molecule has 0 fully saturated rings. The highest BCUT2D eigenvalue weighted by atomic mass is 19.4. The molecular formula is C14H14F3N5O4. The van der Waals surface area contributed by atoms with Crippen LogP contribution < -0.4 is 5.32 Å². The van der Waals surface area contributed by atoms with Crippen molar-refractivity contribution in [2.45, 2.75) is 38.9 Å². The smallest absolute Gasteiger partial charge is 0.453 e. The van der Waals surface area contributed by atoms with Gasteiger partial charge in [-0.3, -0.25) is 14.9 Å². The largest absolute Gasteiger partial charge is 0.512 e. The molecule has 0 amide bonds. The number of nitrogens with zero attached hydrogens (tertiary/aromatic N) is 4. The Hall–Kier alpha value is -2.92. The monoisotopic (exact) mass is 373 g/mol. The molecule has 2 heterocycles. The predicted octanol–water partition coefficient (Wildman–Crippen LogP) is 2.58. The minimum Gasteiger partial charge on any atom is -0.512 e. The van der Waals surface area contributed by atoms with E-state index in [-0.39, 0.29) is 18.4 Å². The van der Waals surface area contributed by atoms with Crippen LogP contribution in [0.1, 0.15) is 38.6 Å². The van der Waals surface area contributed by atoms with Crippen molar-refractivity contribution in [3.05, 3.63) is 39.2 Å². The second-order valence-corrected chi connectivity index (χ2v) is 6.88. The highest BCUT2D eigenvalue weighted by Crippen LogP contribution is 2.43. The van der Waals surface area contributed by atoms with Crippen LogP contribution in [0.5, 0.6) is 0 Å². The first-order chi connectivity index (χ1) is 11.9. The lowest BCUT2D eigenvalue weighted by Crippen LogP contribution is -2.34. The first kappa shape index (κ1) is 17.9. The molecule has 2 aliphatic rings. The Kier molecular flexibility index (Phi) is 3.81. The topological polar surface area (TPSA) is 123 Å². The van der Waals surface area contributed by atoms with Gasteiger partial charge in [-0.25, -0.2) is 4.68 Å². The molecule has 0 bridgehead atoms. The van der Waals surface area contributed by atoms with E-state index in [1.54, 1.807) is 13.8 Å². The summed E-state index contributed by atoms with van der Waals surface area (Å²) in [5, 5.41) is 27.2. The van der Waals surface area contributed by atoms with Gasteiger partial charge in [0, 0.05) is 12.8 Å². The maximum absolute atomic E-state index is 12.9. The minimum absolute atomic E-state index is 0.0164. The molecule has 12 heteroatoms. The highest BCUT2D eigenvalue weighted by molar-refractivity contribution is 5.98. The number of Topliss-reactive ketones (excluding diaryl/α,β-unsaturated/α-hetero) is 1. The highest BCUT2D eigenvalue weighted by Gasteiger charge is 2.47. The molecule has 1 aromatic heterocycles. The fraction of sp³-hybridized carbons (Fsp3) is 0.500. The number of aromatic nitrogens is 3. The van der Waals surface area contributed by atoms with Gasteiger partial charge in [-0.05, 0) is 5.41 Å². The Balaban J connectivity index is 2.18. The third kappa shape index (κ3) is 2.91. The van der Waals surface area contributed by atoms with Crippen molar-refractivity contribution in [3.8, 4) is 0 Å². The second kappa shape index (κ2) is 5.54. The van der Waals surface area contributed by atoms with E-state index in [0.717, 1.165) is 6.20 Å². The fourth-order valence-electron chi connectivity index (χ4n) is 3.10. The van der Waals surface area contributed by atoms with E-state index in [0.29, 0.717) is 4.68 Å². The quantitative estimate of drug-likeness (QED) is 0.603. The molecule has 9 nitrogen and oxygen atoms in total. The maximum atomic E-state index is 12.9. The SMILES string of the molecule is CC1(C)CC(=O)C(C2C([N+](=O)[O-])=CNc3nc(C(F)(F)F)nn32)=C(O)C1. The number of allylic oxidation sites excluding steroid dienone is 2. The first-order valence-corrected chi connectivity index (χ1v) is 7.50. The van der Waals surface area contributed by atoms with Crippen molar-refractivity contribution in [2.24, 2.45) is 5.41 Å². The zero-order valence-corrected chi connectivity index (χ0v) is 13.7. The predicted molar refractivity (Wildman–Crippen MR) is 80.4 cm³/mol. The van der Waals surface area contributed by atoms with Crippen LogP contribution in [0.25, 0.3) is 0 Å². The number of carbonyl (C=O) groups excluding carboxylic acids is 1. The number of carbonyl (C=O) groups is 1. The van der Waals surface area contributed by atoms with Crippen LogP contribution in [0.2, 0.25) is 0 Å². The second-order valence-electron chi connectivity index (χ2n) is 6.88. The van der Waals surface area contributed by atoms with Gasteiger partial charge >= 0.3 is 6.18 Å². The molecule has 1 aromatic rings. The molecule has 0 aromatic carbocycles. The Morgan fingerprint density at radius 1 is 1.42 bits per heavy atom. The third-order valence-electron chi connectivity index (χ3n) is 4.14. The van der Waals surface area contributed by atoms with Crippen LogP contribution in [0.15, 0.2) is 23.2 Å². The van der Waals surface area contributed by atoms with E-state index in [1.807, 2.05) is 0 Å². The van der Waals surface area contributed by atoms with Gasteiger partial charge in [-0.15, -0.1) is 5.10 Å². The molecule has 140 valence electrons. The summed E-state index contributed by atoms with van der Waals surface area (Å²) in [6.45, 7) is 3.46. The summed E-state index contributed by atoms with van der Waals surface area (Å²) in [6.07, 6.45) is -3.99. The van der Waals surface area contributed by atoms with Crippen molar-refractivity contribution >= 4 is 11.7 Å². The van der Waals surface area contributed by atoms with E-state index in [9.17, 15) is 33.2 Å². The van der Waals surface area contributed by atoms with Gasteiger partial charge in [-0.2, -0.15) is 18.2 Å². The average Bonchev–Trinajstić information content (AvgIpc) is 2.89. The van der Waals surface area contributed by atoms with Crippen molar-refractivity contribution < 1.29 is 28.0 Å². The number of rotatable bonds is 2. The Bertz CT molecular complexity index is 868. The summed E-state index contributed by atoms with van der Waals surface area (Å²) >= 11 is 0. The molecule has 1 aliphatic carbocycles. The van der Waals surface area contributed by atoms with Crippen LogP contribution in [0.4, 0.5) is 19.1 Å². The third-order valence-corrected chi connectivity index (χ3v) is 4.14. The number of halogens is 3. The molecule has 1 unspecified atom stereocenters. The lowest BCUT2D eigenvalue weighted by Gasteiger charge is -2.32. The first-order valence-electron chi connectivity index (χ1n) is 7.50. The van der Waals surface area contributed by atoms with Crippen LogP contribution in [-0.2, 0) is 11.0 Å². The van der Waals surface area contributed by atoms with E-state index in [2.05, 4.69) is 15.4 Å². The van der Waals surface area contributed by atoms with Gasteiger partial charge in [0.2, 0.25) is 5.95 Å². The number of nitrogens with one attached hydrogen (secondary N) is 1. The lowest BCUT2D eigenvalue weighted by molar-refractivity contribution is -0.431. The zero-order chi connectivity index (χ0) is 19.4. The number of nitro groups is 1. The summed E-state index contributed by atoms with van der Waals surface area (Å²) in [4.78, 5) is 26.3. The normalized spacial score (nSPS) is 22.6. The average molecular weight is 373 g/mol. The lowest BCUT2D eigenvalue weighted by atomic mass is 9.74. The molecule has 1 aliphatic heterocycles. The maximum Gasteiger partial charge on any atom is 0.453 e. The van der Waals surface area contributed by atoms with E-state index in [1.165, 1.54) is 0 Å². The van der Waals surface area contributed by atoms with Crippen LogP contribution >= 0.6 is 0 Å². The molecule has 3 rings (SSSR count). The molecule has 2 N–H and O–H groups in total. The summed E-state index contributed by atoms with van der Waals surface area (Å²) in [6, 6.07) is -1.60. The molecule has 0 radical (unpaired) electrons. The van der Waals surface area contributed by atoms with Crippen molar-refractivity contribution in [1.82, 2.24) is 14.8 Å². The Morgan fingerprint density at radius 3 is 2.62 bits per heavy atom. The van der Waals surface area contributed by atoms with Gasteiger partial charge in [-0.1, -0.05) is 13.8 Å². The number of hydrogen-bond donors (Lipinski definition) is 2. The summed E-state index contributed by atoms with van der Waals surface area (Å²) in [5.41, 5.74) is -1.53. The van der Waals surface area contributed by atoms with Gasteiger partial charge < -0.3 is 10.4 Å². The zero-order valence-electron chi connectivity index (χ0n) is 13.7. The van der Waals surface area contributed by atoms with Crippen LogP contribution in [0.3, 0.4) is 0 Å². The van der Waals surface area contributed by atoms with E-state index in [4.69, 9.17) is 0 Å². The Morgan fingerprint density at radius 2 is 2.08 bits per heavy atom. The molecular weight excluding hydrogens is 359 g/mol. The van der Waals surface area contributed by atoms with Crippen LogP contribution in [-0.4, -0.2) is 30.6 Å². The Labute approximate surface area is 144 Å². The van der Waals surface area contributed by atoms with E-state index < -0.39 is 51.6 Å². The van der Waals surface area contributed by atoms with Crippen molar-refractivity contribution in [3.63, 3.8) is 0 Å². The molecule has 0 saturated carbocycles. The van der Waals surface area contributed by atoms with Crippen LogP contribution in [0, 0.1) is 15.5 Å². The number of aliphatic hydroxyl groups excluding tert-OH is 1. The molecule has 26 heavy (non-hydrogen) atoms. The van der Waals surface area contributed by atoms with Gasteiger partial charge in [0.15, 0.2) is 11.8 Å². The molecule has 0 saturated heterocycles. The molecule has 0 spiro atoms. The summed E-state index contributed by atoms with van der Waals surface area (Å²) in [7, 11) is 0. The standard InChI is InChI=1S/C14H14F3N5O4/c1-13(2)3-7(23)9(8(24)4-13)10-6(22(25)26)5-18-12-19-11(14(15,16)17)20-21(10)12/h5,10,23H,3-4H2,1-2H3,(H,18,19,20). The number of alkyl halides is 3. The number of fused-ring (bicyclic) bond motifs is 1. The van der Waals surface area contributed by atoms with Crippen molar-refractivity contribution in [2.75, 3.05) is 5.32 Å². The fourth-order valence-corrected chi connectivity index (χ4v) is 3.10.